The quantitative estimate of drug-likeness (QED) is 0.427. The fourth-order valence-corrected chi connectivity index (χ4v) is 3.38. The molecule has 1 rings (SSSR count). The van der Waals surface area contributed by atoms with Gasteiger partial charge in [0.2, 0.25) is 0 Å². The van der Waals surface area contributed by atoms with Crippen molar-refractivity contribution < 1.29 is 4.74 Å². The number of alkyl halides is 1. The Morgan fingerprint density at radius 2 is 1.68 bits per heavy atom. The Balaban J connectivity index is 1.97. The van der Waals surface area contributed by atoms with Crippen LogP contribution in [0.4, 0.5) is 0 Å². The van der Waals surface area contributed by atoms with Crippen LogP contribution in [0.2, 0.25) is 0 Å². The van der Waals surface area contributed by atoms with E-state index in [-0.39, 0.29) is 5.60 Å². The maximum absolute atomic E-state index is 5.65. The van der Waals surface area contributed by atoms with Crippen LogP contribution in [0.3, 0.4) is 0 Å². The third kappa shape index (κ3) is 7.67. The average molecular weight is 334 g/mol. The topological polar surface area (TPSA) is 12.5 Å². The molecule has 0 spiro atoms. The van der Waals surface area contributed by atoms with E-state index in [1.807, 2.05) is 7.11 Å². The van der Waals surface area contributed by atoms with E-state index in [0.717, 1.165) is 6.54 Å². The minimum absolute atomic E-state index is 0.105. The maximum Gasteiger partial charge on any atom is 0.0777 e. The molecule has 1 aliphatic rings. The van der Waals surface area contributed by atoms with Crippen LogP contribution in [0.5, 0.6) is 0 Å². The summed E-state index contributed by atoms with van der Waals surface area (Å²) in [6.45, 7) is 5.91. The van der Waals surface area contributed by atoms with Crippen molar-refractivity contribution in [2.45, 2.75) is 70.3 Å². The van der Waals surface area contributed by atoms with Gasteiger partial charge in [0.25, 0.3) is 0 Å². The van der Waals surface area contributed by atoms with E-state index in [9.17, 15) is 0 Å². The van der Waals surface area contributed by atoms with Crippen molar-refractivity contribution in [1.82, 2.24) is 4.90 Å². The lowest BCUT2D eigenvalue weighted by Crippen LogP contribution is -2.47. The van der Waals surface area contributed by atoms with Crippen molar-refractivity contribution in [3.8, 4) is 0 Å². The van der Waals surface area contributed by atoms with Crippen LogP contribution in [-0.2, 0) is 4.74 Å². The summed E-state index contributed by atoms with van der Waals surface area (Å²) in [5.74, 6) is 0. The minimum atomic E-state index is 0.105. The van der Waals surface area contributed by atoms with Crippen LogP contribution >= 0.6 is 15.9 Å². The molecule has 0 aromatic heterocycles. The van der Waals surface area contributed by atoms with E-state index in [1.54, 1.807) is 0 Å². The molecule has 0 saturated carbocycles. The van der Waals surface area contributed by atoms with Gasteiger partial charge < -0.3 is 9.64 Å². The second-order valence-corrected chi connectivity index (χ2v) is 6.99. The molecule has 0 bridgehead atoms. The molecule has 2 nitrogen and oxygen atoms in total. The van der Waals surface area contributed by atoms with E-state index in [4.69, 9.17) is 4.74 Å². The van der Waals surface area contributed by atoms with Crippen molar-refractivity contribution in [2.75, 3.05) is 32.1 Å². The predicted molar refractivity (Wildman–Crippen MR) is 87.2 cm³/mol. The van der Waals surface area contributed by atoms with Crippen LogP contribution in [0, 0.1) is 0 Å². The molecule has 0 N–H and O–H groups in total. The van der Waals surface area contributed by atoms with Crippen molar-refractivity contribution in [3.05, 3.63) is 0 Å². The average Bonchev–Trinajstić information content (AvgIpc) is 2.42. The van der Waals surface area contributed by atoms with E-state index in [1.165, 1.54) is 76.2 Å². The lowest BCUT2D eigenvalue weighted by Gasteiger charge is -2.39. The maximum atomic E-state index is 5.65. The smallest absolute Gasteiger partial charge is 0.0777 e. The summed E-state index contributed by atoms with van der Waals surface area (Å²) in [4.78, 5) is 2.60. The predicted octanol–water partition coefficient (Wildman–Crippen LogP) is 4.61. The van der Waals surface area contributed by atoms with Gasteiger partial charge in [-0.2, -0.15) is 0 Å². The van der Waals surface area contributed by atoms with Crippen LogP contribution in [0.15, 0.2) is 0 Å². The fraction of sp³-hybridized carbons (Fsp3) is 1.00. The number of likely N-dealkylation sites (tertiary alicyclic amines) is 1. The van der Waals surface area contributed by atoms with Gasteiger partial charge in [-0.05, 0) is 45.7 Å². The number of methoxy groups -OCH3 is 1. The monoisotopic (exact) mass is 333 g/mol. The highest BCUT2D eigenvalue weighted by Gasteiger charge is 2.30. The molecule has 0 aromatic carbocycles. The summed E-state index contributed by atoms with van der Waals surface area (Å²) < 4.78 is 5.65. The normalized spacial score (nSPS) is 24.8. The Hall–Kier alpha value is 0.400. The fourth-order valence-electron chi connectivity index (χ4n) is 2.98. The first-order valence-corrected chi connectivity index (χ1v) is 9.16. The number of piperidine rings is 1. The van der Waals surface area contributed by atoms with Gasteiger partial charge in [-0.3, -0.25) is 0 Å². The zero-order chi connectivity index (χ0) is 14.0. The number of hydrogen-bond acceptors (Lipinski definition) is 2. The zero-order valence-electron chi connectivity index (χ0n) is 12.9. The van der Waals surface area contributed by atoms with Crippen molar-refractivity contribution in [3.63, 3.8) is 0 Å². The SMILES string of the molecule is COC1(C)CCCN(CCCCCCCCCBr)C1. The first-order valence-electron chi connectivity index (χ1n) is 8.04. The van der Waals surface area contributed by atoms with Crippen LogP contribution < -0.4 is 0 Å². The largest absolute Gasteiger partial charge is 0.377 e. The molecule has 1 fully saturated rings. The van der Waals surface area contributed by atoms with Crippen molar-refractivity contribution in [1.29, 1.82) is 0 Å². The highest BCUT2D eigenvalue weighted by Crippen LogP contribution is 2.24. The van der Waals surface area contributed by atoms with Gasteiger partial charge in [-0.25, -0.2) is 0 Å². The second-order valence-electron chi connectivity index (χ2n) is 6.20. The van der Waals surface area contributed by atoms with E-state index in [0.29, 0.717) is 0 Å². The number of ether oxygens (including phenoxy) is 1. The van der Waals surface area contributed by atoms with Gasteiger partial charge in [-0.1, -0.05) is 48.0 Å². The molecule has 114 valence electrons. The highest BCUT2D eigenvalue weighted by atomic mass is 79.9. The molecule has 1 unspecified atom stereocenters. The molecule has 1 saturated heterocycles. The van der Waals surface area contributed by atoms with Gasteiger partial charge >= 0.3 is 0 Å². The number of hydrogen-bond donors (Lipinski definition) is 0. The number of nitrogens with zero attached hydrogens (tertiary/aromatic N) is 1. The van der Waals surface area contributed by atoms with Crippen LogP contribution in [0.1, 0.15) is 64.7 Å². The van der Waals surface area contributed by atoms with E-state index >= 15 is 0 Å². The van der Waals surface area contributed by atoms with Gasteiger partial charge in [0.05, 0.1) is 5.60 Å². The summed E-state index contributed by atoms with van der Waals surface area (Å²) >= 11 is 3.49. The van der Waals surface area contributed by atoms with Gasteiger partial charge in [0, 0.05) is 19.0 Å². The Kier molecular flexibility index (Phi) is 9.34. The molecule has 0 radical (unpaired) electrons. The number of unbranched alkanes of at least 4 members (excludes halogenated alkanes) is 6. The second kappa shape index (κ2) is 10.2. The molecule has 1 atom stereocenters. The molecule has 0 amide bonds. The first kappa shape index (κ1) is 17.5. The summed E-state index contributed by atoms with van der Waals surface area (Å²) in [6, 6.07) is 0. The van der Waals surface area contributed by atoms with E-state index in [2.05, 4.69) is 27.8 Å². The lowest BCUT2D eigenvalue weighted by atomic mass is 9.94. The Labute approximate surface area is 128 Å². The van der Waals surface area contributed by atoms with Crippen LogP contribution in [-0.4, -0.2) is 42.6 Å². The Morgan fingerprint density at radius 1 is 1.05 bits per heavy atom. The molecule has 0 aliphatic carbocycles. The van der Waals surface area contributed by atoms with Crippen LogP contribution in [0.25, 0.3) is 0 Å². The van der Waals surface area contributed by atoms with E-state index < -0.39 is 0 Å². The zero-order valence-corrected chi connectivity index (χ0v) is 14.5. The number of halogens is 1. The summed E-state index contributed by atoms with van der Waals surface area (Å²) in [5.41, 5.74) is 0.105. The molecule has 3 heteroatoms. The molecular weight excluding hydrogens is 302 g/mol. The first-order chi connectivity index (χ1) is 9.20. The minimum Gasteiger partial charge on any atom is -0.377 e. The number of rotatable bonds is 10. The van der Waals surface area contributed by atoms with Gasteiger partial charge in [0.1, 0.15) is 0 Å². The molecule has 19 heavy (non-hydrogen) atoms. The molecule has 0 aromatic rings. The highest BCUT2D eigenvalue weighted by molar-refractivity contribution is 9.09. The molecular formula is C16H32BrNO. The molecule has 1 aliphatic heterocycles. The third-order valence-corrected chi connectivity index (χ3v) is 4.90. The van der Waals surface area contributed by atoms with Gasteiger partial charge in [0.15, 0.2) is 0 Å². The Morgan fingerprint density at radius 3 is 2.32 bits per heavy atom. The van der Waals surface area contributed by atoms with Gasteiger partial charge in [-0.15, -0.1) is 0 Å². The molecule has 1 heterocycles. The lowest BCUT2D eigenvalue weighted by molar-refractivity contribution is -0.0508. The van der Waals surface area contributed by atoms with Crippen molar-refractivity contribution in [2.24, 2.45) is 0 Å². The summed E-state index contributed by atoms with van der Waals surface area (Å²) in [6.07, 6.45) is 12.2. The van der Waals surface area contributed by atoms with Crippen molar-refractivity contribution >= 4 is 15.9 Å². The third-order valence-electron chi connectivity index (χ3n) is 4.34. The Bertz CT molecular complexity index is 225. The standard InChI is InChI=1S/C16H32BrNO/c1-16(19-2)11-10-14-18(15-16)13-9-7-5-3-4-6-8-12-17/h3-15H2,1-2H3. The summed E-state index contributed by atoms with van der Waals surface area (Å²) in [7, 11) is 1.86. The summed E-state index contributed by atoms with van der Waals surface area (Å²) in [5, 5.41) is 1.17.